The maximum Gasteiger partial charge on any atom is 0.0195 e. The van der Waals surface area contributed by atoms with Crippen LogP contribution in [-0.4, -0.2) is 60.6 Å². The summed E-state index contributed by atoms with van der Waals surface area (Å²) in [5.74, 6) is 0. The lowest BCUT2D eigenvalue weighted by Gasteiger charge is -2.44. The Morgan fingerprint density at radius 3 is 2.38 bits per heavy atom. The van der Waals surface area contributed by atoms with E-state index in [0.29, 0.717) is 0 Å². The summed E-state index contributed by atoms with van der Waals surface area (Å²) in [6.45, 7) is 13.2. The molecule has 94 valence electrons. The van der Waals surface area contributed by atoms with Gasteiger partial charge in [-0.1, -0.05) is 0 Å². The van der Waals surface area contributed by atoms with Gasteiger partial charge in [0.1, 0.15) is 0 Å². The molecule has 2 heterocycles. The van der Waals surface area contributed by atoms with Gasteiger partial charge in [-0.25, -0.2) is 0 Å². The van der Waals surface area contributed by atoms with Crippen molar-refractivity contribution < 1.29 is 0 Å². The summed E-state index contributed by atoms with van der Waals surface area (Å²) in [5, 5.41) is 3.48. The quantitative estimate of drug-likeness (QED) is 0.760. The number of piperidine rings is 1. The van der Waals surface area contributed by atoms with E-state index in [2.05, 4.69) is 35.9 Å². The Bertz CT molecular complexity index is 209. The first-order chi connectivity index (χ1) is 7.68. The summed E-state index contributed by atoms with van der Waals surface area (Å²) in [5.41, 5.74) is 0. The van der Waals surface area contributed by atoms with Gasteiger partial charge in [0, 0.05) is 37.8 Å². The number of piperazine rings is 1. The van der Waals surface area contributed by atoms with Gasteiger partial charge in [-0.15, -0.1) is 0 Å². The van der Waals surface area contributed by atoms with E-state index >= 15 is 0 Å². The van der Waals surface area contributed by atoms with E-state index in [-0.39, 0.29) is 0 Å². The van der Waals surface area contributed by atoms with Gasteiger partial charge in [-0.3, -0.25) is 4.90 Å². The summed E-state index contributed by atoms with van der Waals surface area (Å²) in [7, 11) is 0. The van der Waals surface area contributed by atoms with Gasteiger partial charge in [0.15, 0.2) is 0 Å². The number of nitrogens with zero attached hydrogens (tertiary/aromatic N) is 2. The summed E-state index contributed by atoms with van der Waals surface area (Å²) < 4.78 is 0. The van der Waals surface area contributed by atoms with Crippen molar-refractivity contribution in [2.24, 2.45) is 0 Å². The molecular weight excluding hydrogens is 198 g/mol. The lowest BCUT2D eigenvalue weighted by molar-refractivity contribution is 0.0556. The van der Waals surface area contributed by atoms with Crippen molar-refractivity contribution in [1.29, 1.82) is 0 Å². The monoisotopic (exact) mass is 225 g/mol. The zero-order valence-corrected chi connectivity index (χ0v) is 11.1. The summed E-state index contributed by atoms with van der Waals surface area (Å²) in [6.07, 6.45) is 2.73. The van der Waals surface area contributed by atoms with Crippen molar-refractivity contribution in [2.45, 2.75) is 51.7 Å². The summed E-state index contributed by atoms with van der Waals surface area (Å²) in [4.78, 5) is 5.34. The van der Waals surface area contributed by atoms with E-state index in [1.165, 1.54) is 45.6 Å². The smallest absolute Gasteiger partial charge is 0.0195 e. The van der Waals surface area contributed by atoms with Crippen LogP contribution in [0.5, 0.6) is 0 Å². The highest BCUT2D eigenvalue weighted by Gasteiger charge is 2.29. The maximum absolute atomic E-state index is 3.48. The second kappa shape index (κ2) is 5.48. The highest BCUT2D eigenvalue weighted by molar-refractivity contribution is 4.86. The Labute approximate surface area is 100 Å². The van der Waals surface area contributed by atoms with Crippen molar-refractivity contribution >= 4 is 0 Å². The minimum Gasteiger partial charge on any atom is -0.314 e. The number of hydrogen-bond acceptors (Lipinski definition) is 3. The Balaban J connectivity index is 1.83. The van der Waals surface area contributed by atoms with Crippen LogP contribution < -0.4 is 5.32 Å². The molecule has 2 saturated heterocycles. The van der Waals surface area contributed by atoms with Crippen LogP contribution in [0.25, 0.3) is 0 Å². The molecule has 3 heteroatoms. The molecule has 0 aromatic carbocycles. The molecule has 2 aliphatic rings. The van der Waals surface area contributed by atoms with E-state index in [1.807, 2.05) is 0 Å². The fourth-order valence-electron chi connectivity index (χ4n) is 3.13. The maximum atomic E-state index is 3.48. The molecule has 0 aromatic heterocycles. The Morgan fingerprint density at radius 2 is 1.81 bits per heavy atom. The largest absolute Gasteiger partial charge is 0.314 e. The van der Waals surface area contributed by atoms with Crippen molar-refractivity contribution in [1.82, 2.24) is 15.1 Å². The first-order valence-electron chi connectivity index (χ1n) is 6.89. The van der Waals surface area contributed by atoms with Crippen LogP contribution in [-0.2, 0) is 0 Å². The molecule has 0 aliphatic carbocycles. The van der Waals surface area contributed by atoms with E-state index in [4.69, 9.17) is 0 Å². The predicted octanol–water partition coefficient (Wildman–Crippen LogP) is 1.15. The van der Waals surface area contributed by atoms with Crippen LogP contribution in [0, 0.1) is 0 Å². The first kappa shape index (κ1) is 12.3. The minimum absolute atomic E-state index is 0.724. The standard InChI is InChI=1S/C13H27N3/c1-11(2)15-7-4-13(5-8-15)16-9-6-14-10-12(16)3/h11-14H,4-10H2,1-3H3. The van der Waals surface area contributed by atoms with Crippen LogP contribution in [0.3, 0.4) is 0 Å². The molecule has 0 bridgehead atoms. The van der Waals surface area contributed by atoms with Crippen molar-refractivity contribution in [3.63, 3.8) is 0 Å². The first-order valence-corrected chi connectivity index (χ1v) is 6.89. The molecule has 0 aromatic rings. The molecule has 2 fully saturated rings. The Morgan fingerprint density at radius 1 is 1.12 bits per heavy atom. The third kappa shape index (κ3) is 2.76. The number of rotatable bonds is 2. The number of hydrogen-bond donors (Lipinski definition) is 1. The minimum atomic E-state index is 0.724. The van der Waals surface area contributed by atoms with Gasteiger partial charge in [0.25, 0.3) is 0 Å². The van der Waals surface area contributed by atoms with Crippen LogP contribution >= 0.6 is 0 Å². The van der Waals surface area contributed by atoms with E-state index in [1.54, 1.807) is 0 Å². The van der Waals surface area contributed by atoms with Gasteiger partial charge in [-0.2, -0.15) is 0 Å². The van der Waals surface area contributed by atoms with Gasteiger partial charge < -0.3 is 10.2 Å². The second-order valence-electron chi connectivity index (χ2n) is 5.65. The van der Waals surface area contributed by atoms with Crippen molar-refractivity contribution in [2.75, 3.05) is 32.7 Å². The zero-order chi connectivity index (χ0) is 11.5. The molecule has 1 N–H and O–H groups in total. The average Bonchev–Trinajstić information content (AvgIpc) is 2.30. The number of nitrogens with one attached hydrogen (secondary N) is 1. The highest BCUT2D eigenvalue weighted by Crippen LogP contribution is 2.20. The van der Waals surface area contributed by atoms with Gasteiger partial charge in [0.05, 0.1) is 0 Å². The van der Waals surface area contributed by atoms with Crippen LogP contribution in [0.15, 0.2) is 0 Å². The van der Waals surface area contributed by atoms with E-state index in [9.17, 15) is 0 Å². The Hall–Kier alpha value is -0.120. The highest BCUT2D eigenvalue weighted by atomic mass is 15.3. The molecule has 16 heavy (non-hydrogen) atoms. The van der Waals surface area contributed by atoms with Crippen LogP contribution in [0.2, 0.25) is 0 Å². The van der Waals surface area contributed by atoms with Crippen LogP contribution in [0.1, 0.15) is 33.6 Å². The SMILES string of the molecule is CC(C)N1CCC(N2CCNCC2C)CC1. The molecule has 2 aliphatic heterocycles. The third-order valence-electron chi connectivity index (χ3n) is 4.25. The fourth-order valence-corrected chi connectivity index (χ4v) is 3.13. The zero-order valence-electron chi connectivity index (χ0n) is 11.1. The molecule has 3 nitrogen and oxygen atoms in total. The molecule has 0 spiro atoms. The molecule has 0 radical (unpaired) electrons. The van der Waals surface area contributed by atoms with Gasteiger partial charge in [0.2, 0.25) is 0 Å². The molecule has 2 rings (SSSR count). The van der Waals surface area contributed by atoms with Crippen molar-refractivity contribution in [3.05, 3.63) is 0 Å². The normalized spacial score (nSPS) is 31.1. The van der Waals surface area contributed by atoms with Gasteiger partial charge in [-0.05, 0) is 46.7 Å². The second-order valence-corrected chi connectivity index (χ2v) is 5.65. The molecular formula is C13H27N3. The van der Waals surface area contributed by atoms with Crippen LogP contribution in [0.4, 0.5) is 0 Å². The van der Waals surface area contributed by atoms with E-state index in [0.717, 1.165) is 18.1 Å². The summed E-state index contributed by atoms with van der Waals surface area (Å²) in [6, 6.07) is 2.29. The Kier molecular flexibility index (Phi) is 4.22. The number of likely N-dealkylation sites (tertiary alicyclic amines) is 1. The molecule has 0 saturated carbocycles. The average molecular weight is 225 g/mol. The molecule has 1 atom stereocenters. The third-order valence-corrected chi connectivity index (χ3v) is 4.25. The lowest BCUT2D eigenvalue weighted by Crippen LogP contribution is -2.56. The fraction of sp³-hybridized carbons (Fsp3) is 1.00. The van der Waals surface area contributed by atoms with Crippen molar-refractivity contribution in [3.8, 4) is 0 Å². The predicted molar refractivity (Wildman–Crippen MR) is 68.8 cm³/mol. The topological polar surface area (TPSA) is 18.5 Å². The van der Waals surface area contributed by atoms with E-state index < -0.39 is 0 Å². The molecule has 0 amide bonds. The molecule has 1 unspecified atom stereocenters. The van der Waals surface area contributed by atoms with Gasteiger partial charge >= 0.3 is 0 Å². The summed E-state index contributed by atoms with van der Waals surface area (Å²) >= 11 is 0. The lowest BCUT2D eigenvalue weighted by atomic mass is 9.99.